The van der Waals surface area contributed by atoms with Gasteiger partial charge >= 0.3 is 0 Å². The average molecular weight is 117 g/mol. The highest BCUT2D eigenvalue weighted by Gasteiger charge is 1.62. The first kappa shape index (κ1) is 10.0. The fourth-order valence-electron chi connectivity index (χ4n) is 0. The molecule has 0 aliphatic rings. The van der Waals surface area contributed by atoms with Crippen LogP contribution in [-0.4, -0.2) is 11.7 Å². The minimum atomic E-state index is -0.333. The SMILES string of the molecule is CC(C)=O.N=C(N)N. The van der Waals surface area contributed by atoms with Crippen LogP contribution in [0.3, 0.4) is 0 Å². The first-order valence-electron chi connectivity index (χ1n) is 2.03. The van der Waals surface area contributed by atoms with Crippen LogP contribution in [0.1, 0.15) is 13.8 Å². The topological polar surface area (TPSA) is 93.0 Å². The number of hydrogen-bond acceptors (Lipinski definition) is 2. The smallest absolute Gasteiger partial charge is 0.183 e. The van der Waals surface area contributed by atoms with E-state index < -0.39 is 0 Å². The Kier molecular flexibility index (Phi) is 7.45. The molecule has 0 amide bonds. The van der Waals surface area contributed by atoms with Gasteiger partial charge in [-0.25, -0.2) is 0 Å². The van der Waals surface area contributed by atoms with Crippen LogP contribution in [0.4, 0.5) is 0 Å². The maximum Gasteiger partial charge on any atom is 0.183 e. The highest BCUT2D eigenvalue weighted by atomic mass is 16.1. The maximum atomic E-state index is 9.44. The minimum Gasteiger partial charge on any atom is -0.370 e. The Balaban J connectivity index is 0. The van der Waals surface area contributed by atoms with Gasteiger partial charge < -0.3 is 16.3 Å². The average Bonchev–Trinajstić information content (AvgIpc) is 1.25. The summed E-state index contributed by atoms with van der Waals surface area (Å²) in [7, 11) is 0. The molecule has 0 aliphatic carbocycles. The van der Waals surface area contributed by atoms with Crippen LogP contribution in [0.5, 0.6) is 0 Å². The maximum absolute atomic E-state index is 9.44. The van der Waals surface area contributed by atoms with E-state index in [0.29, 0.717) is 0 Å². The van der Waals surface area contributed by atoms with Crippen LogP contribution >= 0.6 is 0 Å². The summed E-state index contributed by atoms with van der Waals surface area (Å²) >= 11 is 0. The van der Waals surface area contributed by atoms with Gasteiger partial charge in [0.1, 0.15) is 5.78 Å². The van der Waals surface area contributed by atoms with Crippen LogP contribution in [0.25, 0.3) is 0 Å². The summed E-state index contributed by atoms with van der Waals surface area (Å²) in [6.45, 7) is 3.06. The zero-order valence-corrected chi connectivity index (χ0v) is 5.06. The van der Waals surface area contributed by atoms with Crippen molar-refractivity contribution in [3.63, 3.8) is 0 Å². The van der Waals surface area contributed by atoms with Gasteiger partial charge in [0.25, 0.3) is 0 Å². The molecule has 0 atom stereocenters. The lowest BCUT2D eigenvalue weighted by Crippen LogP contribution is -2.20. The van der Waals surface area contributed by atoms with Crippen molar-refractivity contribution in [3.05, 3.63) is 0 Å². The Morgan fingerprint density at radius 3 is 1.38 bits per heavy atom. The highest BCUT2D eigenvalue weighted by Crippen LogP contribution is 1.50. The molecule has 0 saturated heterocycles. The summed E-state index contributed by atoms with van der Waals surface area (Å²) < 4.78 is 0. The van der Waals surface area contributed by atoms with E-state index in [0.717, 1.165) is 0 Å². The predicted octanol–water partition coefficient (Wildman–Crippen LogP) is -0.566. The zero-order valence-electron chi connectivity index (χ0n) is 5.06. The van der Waals surface area contributed by atoms with E-state index in [2.05, 4.69) is 11.5 Å². The number of nitrogens with two attached hydrogens (primary N) is 2. The Labute approximate surface area is 48.4 Å². The van der Waals surface area contributed by atoms with E-state index in [4.69, 9.17) is 5.41 Å². The third kappa shape index (κ3) is 68.3. The molecule has 8 heavy (non-hydrogen) atoms. The Bertz CT molecular complexity index is 69.3. The normalized spacial score (nSPS) is 6.25. The van der Waals surface area contributed by atoms with Crippen molar-refractivity contribution in [1.82, 2.24) is 0 Å². The number of carbonyl (C=O) groups is 1. The van der Waals surface area contributed by atoms with Gasteiger partial charge in [-0.3, -0.25) is 5.41 Å². The molecule has 4 heteroatoms. The van der Waals surface area contributed by atoms with Crippen molar-refractivity contribution in [2.24, 2.45) is 11.5 Å². The molecule has 48 valence electrons. The first-order valence-corrected chi connectivity index (χ1v) is 2.03. The second kappa shape index (κ2) is 5.94. The quantitative estimate of drug-likeness (QED) is 0.293. The van der Waals surface area contributed by atoms with Crippen LogP contribution in [0.15, 0.2) is 0 Å². The third-order valence-electron chi connectivity index (χ3n) is 0. The van der Waals surface area contributed by atoms with Crippen LogP contribution < -0.4 is 11.5 Å². The standard InChI is InChI=1S/C3H6O.CH5N3/c1-3(2)4;2-1(3)4/h1-2H3;(H5,2,3,4). The summed E-state index contributed by atoms with van der Waals surface area (Å²) in [6, 6.07) is 0. The van der Waals surface area contributed by atoms with Crippen LogP contribution in [0, 0.1) is 5.41 Å². The highest BCUT2D eigenvalue weighted by molar-refractivity contribution is 5.72. The molecule has 0 radical (unpaired) electrons. The summed E-state index contributed by atoms with van der Waals surface area (Å²) in [6.07, 6.45) is 0. The van der Waals surface area contributed by atoms with Gasteiger partial charge in [-0.05, 0) is 13.8 Å². The molecule has 0 saturated carbocycles. The molecule has 0 rings (SSSR count). The molecule has 0 spiro atoms. The molecule has 5 N–H and O–H groups in total. The number of rotatable bonds is 0. The predicted molar refractivity (Wildman–Crippen MR) is 32.5 cm³/mol. The molecule has 0 aliphatic heterocycles. The van der Waals surface area contributed by atoms with Gasteiger partial charge in [0, 0.05) is 0 Å². The summed E-state index contributed by atoms with van der Waals surface area (Å²) in [5.41, 5.74) is 8.94. The summed E-state index contributed by atoms with van der Waals surface area (Å²) in [5, 5.41) is 6.06. The van der Waals surface area contributed by atoms with E-state index >= 15 is 0 Å². The van der Waals surface area contributed by atoms with Crippen molar-refractivity contribution in [1.29, 1.82) is 5.41 Å². The molecule has 4 nitrogen and oxygen atoms in total. The molecular formula is C4H11N3O. The zero-order chi connectivity index (χ0) is 7.15. The lowest BCUT2D eigenvalue weighted by atomic mass is 10.6. The second-order valence-electron chi connectivity index (χ2n) is 1.36. The third-order valence-corrected chi connectivity index (χ3v) is 0. The molecule has 0 bridgehead atoms. The van der Waals surface area contributed by atoms with Gasteiger partial charge in [0.2, 0.25) is 0 Å². The number of ketones is 1. The minimum absolute atomic E-state index is 0.167. The Morgan fingerprint density at radius 2 is 1.38 bits per heavy atom. The fraction of sp³-hybridized carbons (Fsp3) is 0.500. The van der Waals surface area contributed by atoms with Crippen molar-refractivity contribution >= 4 is 11.7 Å². The van der Waals surface area contributed by atoms with E-state index in [-0.39, 0.29) is 11.7 Å². The van der Waals surface area contributed by atoms with Crippen molar-refractivity contribution in [2.75, 3.05) is 0 Å². The molecule has 0 unspecified atom stereocenters. The van der Waals surface area contributed by atoms with Crippen LogP contribution in [-0.2, 0) is 4.79 Å². The molecule has 0 aromatic heterocycles. The van der Waals surface area contributed by atoms with Gasteiger partial charge in [-0.2, -0.15) is 0 Å². The van der Waals surface area contributed by atoms with Gasteiger partial charge in [0.15, 0.2) is 5.96 Å². The van der Waals surface area contributed by atoms with E-state index in [1.54, 1.807) is 0 Å². The Hall–Kier alpha value is -1.06. The van der Waals surface area contributed by atoms with E-state index in [1.165, 1.54) is 13.8 Å². The number of carbonyl (C=O) groups excluding carboxylic acids is 1. The van der Waals surface area contributed by atoms with E-state index in [1.807, 2.05) is 0 Å². The van der Waals surface area contributed by atoms with Gasteiger partial charge in [-0.15, -0.1) is 0 Å². The van der Waals surface area contributed by atoms with Crippen LogP contribution in [0.2, 0.25) is 0 Å². The van der Waals surface area contributed by atoms with E-state index in [9.17, 15) is 4.79 Å². The monoisotopic (exact) mass is 117 g/mol. The summed E-state index contributed by atoms with van der Waals surface area (Å²) in [4.78, 5) is 9.44. The molecule has 0 aromatic rings. The molecular weight excluding hydrogens is 106 g/mol. The fourth-order valence-corrected chi connectivity index (χ4v) is 0. The number of nitrogens with one attached hydrogen (secondary N) is 1. The van der Waals surface area contributed by atoms with Crippen molar-refractivity contribution in [2.45, 2.75) is 13.8 Å². The summed E-state index contributed by atoms with van der Waals surface area (Å²) in [5.74, 6) is -0.167. The number of guanidine groups is 1. The number of hydrogen-bond donors (Lipinski definition) is 3. The van der Waals surface area contributed by atoms with Gasteiger partial charge in [-0.1, -0.05) is 0 Å². The number of Topliss-reactive ketones (excluding diaryl/α,β-unsaturated/α-hetero) is 1. The van der Waals surface area contributed by atoms with Gasteiger partial charge in [0.05, 0.1) is 0 Å². The lowest BCUT2D eigenvalue weighted by Gasteiger charge is -1.69. The molecule has 0 fully saturated rings. The molecule has 0 heterocycles. The lowest BCUT2D eigenvalue weighted by molar-refractivity contribution is -0.114. The van der Waals surface area contributed by atoms with Crippen molar-refractivity contribution < 1.29 is 4.79 Å². The first-order chi connectivity index (χ1) is 3.46. The Morgan fingerprint density at radius 1 is 1.38 bits per heavy atom. The van der Waals surface area contributed by atoms with Crippen molar-refractivity contribution in [3.8, 4) is 0 Å². The second-order valence-corrected chi connectivity index (χ2v) is 1.36. The largest absolute Gasteiger partial charge is 0.370 e. The molecule has 0 aromatic carbocycles.